The van der Waals surface area contributed by atoms with Gasteiger partial charge in [-0.05, 0) is 57.7 Å². The molecule has 0 unspecified atom stereocenters. The van der Waals surface area contributed by atoms with Gasteiger partial charge in [0, 0.05) is 19.2 Å². The number of benzene rings is 5. The fraction of sp³-hybridized carbons (Fsp3) is 0.190. The predicted molar refractivity (Wildman–Crippen MR) is 198 cm³/mol. The summed E-state index contributed by atoms with van der Waals surface area (Å²) >= 11 is 0. The molecule has 11 heteroatoms. The maximum Gasteiger partial charge on any atom is 1.00 e. The fourth-order valence-corrected chi connectivity index (χ4v) is 7.38. The number of ether oxygens (including phenoxy) is 1. The first-order chi connectivity index (χ1) is 25.2. The van der Waals surface area contributed by atoms with Crippen LogP contribution in [0.25, 0.3) is 11.1 Å². The van der Waals surface area contributed by atoms with Crippen molar-refractivity contribution < 1.29 is 40.0 Å². The van der Waals surface area contributed by atoms with Crippen LogP contribution in [0, 0.1) is 0 Å². The largest absolute Gasteiger partial charge is 1.00 e. The molecule has 5 aromatic carbocycles. The summed E-state index contributed by atoms with van der Waals surface area (Å²) in [5.41, 5.74) is 2.58. The van der Waals surface area contributed by atoms with E-state index in [1.165, 1.54) is 21.0 Å². The third-order valence-corrected chi connectivity index (χ3v) is 9.57. The van der Waals surface area contributed by atoms with Crippen LogP contribution in [0.4, 0.5) is 0 Å². The van der Waals surface area contributed by atoms with Crippen LogP contribution < -0.4 is 18.9 Å². The molecule has 0 radical (unpaired) electrons. The Hall–Kier alpha value is -5.50. The first-order valence-corrected chi connectivity index (χ1v) is 16.9. The van der Waals surface area contributed by atoms with Crippen molar-refractivity contribution in [2.75, 3.05) is 7.11 Å². The molecule has 2 N–H and O–H groups in total. The van der Waals surface area contributed by atoms with Crippen LogP contribution in [0.3, 0.4) is 0 Å². The Balaban J connectivity index is 0.00000280. The Morgan fingerprint density at radius 3 is 1.72 bits per heavy atom. The number of carboxylic acids is 1. The van der Waals surface area contributed by atoms with Crippen molar-refractivity contribution in [3.8, 4) is 11.1 Å². The first kappa shape index (κ1) is 37.3. The van der Waals surface area contributed by atoms with Gasteiger partial charge in [0.1, 0.15) is 23.7 Å². The average molecular weight is 699 g/mol. The van der Waals surface area contributed by atoms with Gasteiger partial charge in [-0.3, -0.25) is 0 Å². The maximum absolute atomic E-state index is 12.5. The number of carbonyl (C=O) groups is 1. The van der Waals surface area contributed by atoms with Gasteiger partial charge in [-0.25, -0.2) is 9.78 Å². The molecule has 2 heterocycles. The number of imidazole rings is 1. The van der Waals surface area contributed by atoms with E-state index in [1.54, 1.807) is 4.57 Å². The summed E-state index contributed by atoms with van der Waals surface area (Å²) in [6.45, 7) is 3.33. The van der Waals surface area contributed by atoms with Gasteiger partial charge in [0.2, 0.25) is 5.66 Å². The first-order valence-electron chi connectivity index (χ1n) is 16.9. The molecule has 0 fully saturated rings. The number of aliphatic hydroxyl groups is 1. The summed E-state index contributed by atoms with van der Waals surface area (Å²) in [5.74, 6) is -0.772. The molecule has 1 aromatic heterocycles. The quantitative estimate of drug-likeness (QED) is 0.123. The molecule has 7 rings (SSSR count). The third-order valence-electron chi connectivity index (χ3n) is 9.57. The van der Waals surface area contributed by atoms with Crippen LogP contribution in [0.2, 0.25) is 0 Å². The van der Waals surface area contributed by atoms with Gasteiger partial charge < -0.3 is 20.9 Å². The number of hydrogen-bond donors (Lipinski definition) is 2. The smallest absolute Gasteiger partial charge is 1.00 e. The number of nitrogens with zero attached hydrogens (tertiary/aromatic N) is 6. The van der Waals surface area contributed by atoms with Gasteiger partial charge >= 0.3 is 24.8 Å². The van der Waals surface area contributed by atoms with E-state index in [9.17, 15) is 15.0 Å². The summed E-state index contributed by atoms with van der Waals surface area (Å²) in [6, 6.07) is 46.7. The summed E-state index contributed by atoms with van der Waals surface area (Å²) in [5, 5.41) is 39.3. The second-order valence-corrected chi connectivity index (χ2v) is 13.3. The van der Waals surface area contributed by atoms with Crippen LogP contribution in [0.15, 0.2) is 160 Å². The molecule has 6 aromatic rings. The number of aromatic carboxylic acids is 1. The SMILES string of the molecule is COCc1nc(C(C)(C)O)c(C(=O)O)n1Cc1ccc(-c2ccccc2C2(C(c3ccccc3)(c3ccccc3)c3ccccc3)N=NN=N2)cc1.[H-].[Li+]. The molecule has 1 aliphatic rings. The summed E-state index contributed by atoms with van der Waals surface area (Å²) in [4.78, 5) is 17.0. The second-order valence-electron chi connectivity index (χ2n) is 13.3. The second kappa shape index (κ2) is 15.2. The summed E-state index contributed by atoms with van der Waals surface area (Å²) in [6.07, 6.45) is 0. The minimum atomic E-state index is -1.46. The number of rotatable bonds is 12. The molecule has 0 spiro atoms. The number of aromatic nitrogens is 2. The van der Waals surface area contributed by atoms with Gasteiger partial charge in [0.05, 0.1) is 5.41 Å². The Bertz CT molecular complexity index is 2150. The normalized spacial score (nSPS) is 13.5. The van der Waals surface area contributed by atoms with E-state index < -0.39 is 22.6 Å². The van der Waals surface area contributed by atoms with Crippen LogP contribution >= 0.6 is 0 Å². The average Bonchev–Trinajstić information content (AvgIpc) is 3.81. The number of carboxylic acid groups (broad SMARTS) is 1. The molecular weight excluding hydrogens is 659 g/mol. The molecule has 53 heavy (non-hydrogen) atoms. The van der Waals surface area contributed by atoms with Crippen molar-refractivity contribution in [3.63, 3.8) is 0 Å². The molecule has 0 bridgehead atoms. The molecule has 0 saturated carbocycles. The predicted octanol–water partition coefficient (Wildman–Crippen LogP) is 5.81. The van der Waals surface area contributed by atoms with Crippen molar-refractivity contribution in [1.82, 2.24) is 9.55 Å². The molecular formula is C42H39LiN6O4. The minimum Gasteiger partial charge on any atom is -1.00 e. The van der Waals surface area contributed by atoms with Crippen LogP contribution in [-0.4, -0.2) is 32.8 Å². The van der Waals surface area contributed by atoms with Crippen molar-refractivity contribution in [3.05, 3.63) is 185 Å². The molecule has 0 saturated heterocycles. The molecule has 0 aliphatic carbocycles. The van der Waals surface area contributed by atoms with Gasteiger partial charge in [-0.15, -0.1) is 10.2 Å². The van der Waals surface area contributed by atoms with Crippen LogP contribution in [0.1, 0.15) is 65.1 Å². The van der Waals surface area contributed by atoms with Crippen LogP contribution in [-0.2, 0) is 34.6 Å². The standard InChI is InChI=1S/C42H38N6O4.Li.H/c1-40(2,51)38-37(39(49)50)48(36(43-38)28-52-3)27-29-23-25-30(26-24-29)34-21-13-14-22-35(34)42(44-46-47-45-42)41(31-15-7-4-8-16-31,32-17-9-5-10-18-32)33-19-11-6-12-20-33;;/h4-26,51H,27-28H2,1-3H3,(H,49,50);;/q;+1;-1. The zero-order valence-corrected chi connectivity index (χ0v) is 30.1. The topological polar surface area (TPSA) is 134 Å². The van der Waals surface area contributed by atoms with E-state index >= 15 is 0 Å². The summed E-state index contributed by atoms with van der Waals surface area (Å²) < 4.78 is 6.94. The Morgan fingerprint density at radius 2 is 1.25 bits per heavy atom. The van der Waals surface area contributed by atoms with Crippen molar-refractivity contribution in [1.29, 1.82) is 0 Å². The zero-order valence-electron chi connectivity index (χ0n) is 31.1. The zero-order chi connectivity index (χ0) is 36.3. The molecule has 0 amide bonds. The third kappa shape index (κ3) is 6.56. The Kier molecular flexibility index (Phi) is 10.7. The molecule has 1 aliphatic heterocycles. The molecule has 262 valence electrons. The number of methoxy groups -OCH3 is 1. The molecule has 0 atom stereocenters. The van der Waals surface area contributed by atoms with Crippen molar-refractivity contribution in [2.45, 2.75) is 43.7 Å². The van der Waals surface area contributed by atoms with Crippen molar-refractivity contribution >= 4 is 5.97 Å². The van der Waals surface area contributed by atoms with E-state index in [0.717, 1.165) is 38.9 Å². The van der Waals surface area contributed by atoms with Gasteiger partial charge in [0.15, 0.2) is 5.69 Å². The molecule has 10 nitrogen and oxygen atoms in total. The van der Waals surface area contributed by atoms with Crippen molar-refractivity contribution in [2.24, 2.45) is 20.7 Å². The Labute approximate surface area is 321 Å². The van der Waals surface area contributed by atoms with Gasteiger partial charge in [-0.2, -0.15) is 0 Å². The van der Waals surface area contributed by atoms with E-state index in [2.05, 4.69) is 51.8 Å². The van der Waals surface area contributed by atoms with Crippen LogP contribution in [0.5, 0.6) is 0 Å². The maximum atomic E-state index is 12.5. The monoisotopic (exact) mass is 698 g/mol. The minimum absolute atomic E-state index is 0. The summed E-state index contributed by atoms with van der Waals surface area (Å²) in [7, 11) is 1.52. The van der Waals surface area contributed by atoms with E-state index in [0.29, 0.717) is 5.82 Å². The fourth-order valence-electron chi connectivity index (χ4n) is 7.38. The van der Waals surface area contributed by atoms with E-state index in [1.807, 2.05) is 103 Å². The number of hydrogen-bond acceptors (Lipinski definition) is 8. The van der Waals surface area contributed by atoms with Gasteiger partial charge in [0.25, 0.3) is 0 Å². The van der Waals surface area contributed by atoms with Gasteiger partial charge in [-0.1, -0.05) is 140 Å². The van der Waals surface area contributed by atoms with E-state index in [4.69, 9.17) is 15.0 Å². The van der Waals surface area contributed by atoms with E-state index in [-0.39, 0.29) is 44.8 Å². The Morgan fingerprint density at radius 1 is 0.755 bits per heavy atom.